The van der Waals surface area contributed by atoms with Crippen LogP contribution in [0, 0.1) is 28.9 Å². The molecule has 2 aromatic carbocycles. The lowest BCUT2D eigenvalue weighted by atomic mass is 9.84. The molecule has 0 radical (unpaired) electrons. The van der Waals surface area contributed by atoms with Gasteiger partial charge in [-0.25, -0.2) is 14.6 Å². The third-order valence-corrected chi connectivity index (χ3v) is 4.82. The van der Waals surface area contributed by atoms with E-state index in [1.54, 1.807) is 24.3 Å². The summed E-state index contributed by atoms with van der Waals surface area (Å²) in [4.78, 5) is 3.70. The molecular formula is C23H19F4N5O. The van der Waals surface area contributed by atoms with Crippen LogP contribution in [-0.2, 0) is 11.5 Å². The van der Waals surface area contributed by atoms with E-state index in [-0.39, 0.29) is 0 Å². The zero-order valence-corrected chi connectivity index (χ0v) is 17.1. The molecule has 6 N–H and O–H groups in total. The first-order valence-electron chi connectivity index (χ1n) is 9.48. The van der Waals surface area contributed by atoms with Crippen molar-refractivity contribution in [2.75, 3.05) is 12.3 Å². The predicted molar refractivity (Wildman–Crippen MR) is 115 cm³/mol. The minimum Gasteiger partial charge on any atom is -0.399 e. The smallest absolute Gasteiger partial charge is 0.323 e. The molecule has 0 aliphatic carbocycles. The topological polar surface area (TPSA) is 112 Å². The summed E-state index contributed by atoms with van der Waals surface area (Å²) < 4.78 is 58.8. The molecule has 0 bridgehead atoms. The van der Waals surface area contributed by atoms with Crippen molar-refractivity contribution in [1.82, 2.24) is 9.99 Å². The quantitative estimate of drug-likeness (QED) is 0.0865. The lowest BCUT2D eigenvalue weighted by Gasteiger charge is -2.37. The first-order chi connectivity index (χ1) is 15.6. The van der Waals surface area contributed by atoms with Gasteiger partial charge in [-0.2, -0.15) is 8.78 Å². The fraction of sp³-hybridized carbons (Fsp3) is 0.130. The van der Waals surface area contributed by atoms with E-state index in [9.17, 15) is 13.9 Å². The number of pyridine rings is 1. The Balaban J connectivity index is 1.99. The highest BCUT2D eigenvalue weighted by Crippen LogP contribution is 2.45. The van der Waals surface area contributed by atoms with Crippen LogP contribution in [-0.4, -0.2) is 28.0 Å². The van der Waals surface area contributed by atoms with Gasteiger partial charge < -0.3 is 10.8 Å². The van der Waals surface area contributed by atoms with E-state index < -0.39 is 41.0 Å². The van der Waals surface area contributed by atoms with E-state index in [0.717, 1.165) is 18.3 Å². The van der Waals surface area contributed by atoms with Gasteiger partial charge in [0, 0.05) is 34.6 Å². The van der Waals surface area contributed by atoms with Gasteiger partial charge in [0.1, 0.15) is 17.3 Å². The van der Waals surface area contributed by atoms with Gasteiger partial charge in [0.15, 0.2) is 5.60 Å². The molecule has 0 aliphatic heterocycles. The van der Waals surface area contributed by atoms with Crippen molar-refractivity contribution in [2.45, 2.75) is 11.5 Å². The summed E-state index contributed by atoms with van der Waals surface area (Å²) in [5.74, 6) is 4.43. The molecular weight excluding hydrogens is 438 g/mol. The lowest BCUT2D eigenvalue weighted by Crippen LogP contribution is -2.53. The number of benzene rings is 2. The van der Waals surface area contributed by atoms with Gasteiger partial charge in [0.05, 0.1) is 12.9 Å². The molecule has 1 atom stereocenters. The Hall–Kier alpha value is -3.94. The monoisotopic (exact) mass is 457 g/mol. The van der Waals surface area contributed by atoms with Gasteiger partial charge in [0.25, 0.3) is 0 Å². The van der Waals surface area contributed by atoms with Crippen molar-refractivity contribution in [2.24, 2.45) is 5.84 Å². The molecule has 3 rings (SSSR count). The maximum atomic E-state index is 15.5. The molecule has 1 heterocycles. The van der Waals surface area contributed by atoms with Crippen LogP contribution in [0.3, 0.4) is 0 Å². The van der Waals surface area contributed by atoms with Crippen LogP contribution >= 0.6 is 0 Å². The highest BCUT2D eigenvalue weighted by Gasteiger charge is 2.58. The Labute approximate surface area is 187 Å². The van der Waals surface area contributed by atoms with E-state index in [0.29, 0.717) is 40.3 Å². The van der Waals surface area contributed by atoms with Crippen LogP contribution in [0.15, 0.2) is 60.8 Å². The molecule has 3 aromatic rings. The number of halogens is 4. The highest BCUT2D eigenvalue weighted by molar-refractivity contribution is 5.50. The van der Waals surface area contributed by atoms with Gasteiger partial charge in [-0.1, -0.05) is 11.8 Å². The molecule has 0 spiro atoms. The Morgan fingerprint density at radius 1 is 1.03 bits per heavy atom. The van der Waals surface area contributed by atoms with Crippen molar-refractivity contribution in [3.63, 3.8) is 0 Å². The average molecular weight is 457 g/mol. The van der Waals surface area contributed by atoms with Gasteiger partial charge in [0.2, 0.25) is 0 Å². The number of hydrogen-bond acceptors (Lipinski definition) is 5. The minimum atomic E-state index is -4.19. The number of aromatic nitrogens is 1. The number of aliphatic hydroxyl groups is 1. The largest absolute Gasteiger partial charge is 0.399 e. The number of anilines is 1. The number of alkyl halides is 2. The first kappa shape index (κ1) is 23.7. The summed E-state index contributed by atoms with van der Waals surface area (Å²) in [6, 6.07) is 10.7. The molecule has 1 aromatic heterocycles. The maximum Gasteiger partial charge on any atom is 0.323 e. The fourth-order valence-electron chi connectivity index (χ4n) is 3.06. The summed E-state index contributed by atoms with van der Waals surface area (Å²) in [5, 5.41) is 18.5. The molecule has 0 fully saturated rings. The molecule has 0 amide bonds. The number of hydrogen-bond donors (Lipinski definition) is 4. The van der Waals surface area contributed by atoms with Crippen molar-refractivity contribution < 1.29 is 22.7 Å². The number of nitrogens with zero attached hydrogens (tertiary/aromatic N) is 2. The van der Waals surface area contributed by atoms with E-state index in [4.69, 9.17) is 17.0 Å². The summed E-state index contributed by atoms with van der Waals surface area (Å²) in [5.41, 5.74) is 2.06. The second-order valence-corrected chi connectivity index (χ2v) is 7.16. The number of nitrogens with two attached hydrogens (primary N) is 2. The van der Waals surface area contributed by atoms with Crippen LogP contribution in [0.1, 0.15) is 22.4 Å². The van der Waals surface area contributed by atoms with Crippen LogP contribution in [0.5, 0.6) is 0 Å². The van der Waals surface area contributed by atoms with Crippen LogP contribution in [0.2, 0.25) is 0 Å². The SMILES string of the molecule is N=CN(N)CC(O)(c1ccc(F)cc1F)C(F)(F)c1ccc(C#Cc2ccc(N)cc2)cn1. The molecule has 170 valence electrons. The van der Waals surface area contributed by atoms with Gasteiger partial charge >= 0.3 is 5.92 Å². The summed E-state index contributed by atoms with van der Waals surface area (Å²) in [6.45, 7) is -1.08. The van der Waals surface area contributed by atoms with Crippen molar-refractivity contribution >= 4 is 12.0 Å². The maximum absolute atomic E-state index is 15.5. The Bertz CT molecular complexity index is 1210. The lowest BCUT2D eigenvalue weighted by molar-refractivity contribution is -0.203. The molecule has 0 saturated heterocycles. The van der Waals surface area contributed by atoms with Gasteiger partial charge in [-0.05, 0) is 48.5 Å². The van der Waals surface area contributed by atoms with Crippen LogP contribution in [0.25, 0.3) is 0 Å². The zero-order chi connectivity index (χ0) is 24.2. The molecule has 6 nitrogen and oxygen atoms in total. The predicted octanol–water partition coefficient (Wildman–Crippen LogP) is 3.10. The Morgan fingerprint density at radius 2 is 1.67 bits per heavy atom. The van der Waals surface area contributed by atoms with E-state index in [2.05, 4.69) is 16.8 Å². The first-order valence-corrected chi connectivity index (χ1v) is 9.48. The summed E-state index contributed by atoms with van der Waals surface area (Å²) in [6.07, 6.45) is 1.55. The summed E-state index contributed by atoms with van der Waals surface area (Å²) in [7, 11) is 0. The molecule has 1 unspecified atom stereocenters. The normalized spacial score (nSPS) is 12.9. The average Bonchev–Trinajstić information content (AvgIpc) is 2.78. The molecule has 0 aliphatic rings. The van der Waals surface area contributed by atoms with Crippen molar-refractivity contribution in [3.05, 3.63) is 94.8 Å². The van der Waals surface area contributed by atoms with Crippen molar-refractivity contribution in [3.8, 4) is 11.8 Å². The molecule has 0 saturated carbocycles. The summed E-state index contributed by atoms with van der Waals surface area (Å²) >= 11 is 0. The van der Waals surface area contributed by atoms with E-state index >= 15 is 8.78 Å². The molecule has 33 heavy (non-hydrogen) atoms. The number of nitrogen functional groups attached to an aromatic ring is 1. The van der Waals surface area contributed by atoms with Gasteiger partial charge in [-0.3, -0.25) is 15.4 Å². The number of hydrazine groups is 1. The number of rotatable bonds is 6. The highest BCUT2D eigenvalue weighted by atomic mass is 19.3. The van der Waals surface area contributed by atoms with E-state index in [1.807, 2.05) is 0 Å². The Morgan fingerprint density at radius 3 is 2.24 bits per heavy atom. The minimum absolute atomic E-state index is 0.308. The Kier molecular flexibility index (Phi) is 6.67. The van der Waals surface area contributed by atoms with Crippen LogP contribution < -0.4 is 11.6 Å². The van der Waals surface area contributed by atoms with Crippen LogP contribution in [0.4, 0.5) is 23.2 Å². The zero-order valence-electron chi connectivity index (χ0n) is 17.1. The third kappa shape index (κ3) is 4.95. The van der Waals surface area contributed by atoms with E-state index in [1.165, 1.54) is 6.07 Å². The number of nitrogens with one attached hydrogen (secondary N) is 1. The molecule has 10 heteroatoms. The van der Waals surface area contributed by atoms with Crippen molar-refractivity contribution in [1.29, 1.82) is 5.41 Å². The van der Waals surface area contributed by atoms with Gasteiger partial charge in [-0.15, -0.1) is 0 Å². The second-order valence-electron chi connectivity index (χ2n) is 7.16. The fourth-order valence-corrected chi connectivity index (χ4v) is 3.06. The second kappa shape index (κ2) is 9.28. The third-order valence-electron chi connectivity index (χ3n) is 4.82. The standard InChI is InChI=1S/C23H19F4N5O/c24-17-6-9-19(20(25)11-17)22(33,13-32(30)14-28)23(26,27)21-10-5-16(12-31-21)2-1-15-3-7-18(29)8-4-15/h3-12,14,28,33H,13,29-30H2.